The summed E-state index contributed by atoms with van der Waals surface area (Å²) < 4.78 is 15.3. The van der Waals surface area contributed by atoms with Crippen molar-refractivity contribution in [1.82, 2.24) is 20.2 Å². The summed E-state index contributed by atoms with van der Waals surface area (Å²) >= 11 is 0. The minimum Gasteiger partial charge on any atom is -0.357 e. The highest BCUT2D eigenvalue weighted by Gasteiger charge is 2.04. The molecule has 0 aliphatic heterocycles. The Morgan fingerprint density at radius 1 is 1.15 bits per heavy atom. The fraction of sp³-hybridized carbons (Fsp3) is 0.238. The van der Waals surface area contributed by atoms with Gasteiger partial charge in [0, 0.05) is 25.5 Å². The molecule has 1 heterocycles. The van der Waals surface area contributed by atoms with Crippen LogP contribution in [0, 0.1) is 5.82 Å². The summed E-state index contributed by atoms with van der Waals surface area (Å²) in [4.78, 5) is 8.81. The fourth-order valence-electron chi connectivity index (χ4n) is 2.82. The number of halogens is 1. The smallest absolute Gasteiger partial charge is 0.191 e. The van der Waals surface area contributed by atoms with Crippen LogP contribution in [-0.2, 0) is 13.0 Å². The molecule has 0 aliphatic rings. The second kappa shape index (κ2) is 9.52. The number of nitrogens with zero attached hydrogens (tertiary/aromatic N) is 3. The van der Waals surface area contributed by atoms with Crippen LogP contribution in [0.4, 0.5) is 4.39 Å². The molecule has 0 atom stereocenters. The molecule has 0 bridgehead atoms. The summed E-state index contributed by atoms with van der Waals surface area (Å²) in [6.45, 7) is 4.03. The Bertz CT molecular complexity index is 874. The van der Waals surface area contributed by atoms with E-state index in [4.69, 9.17) is 0 Å². The maximum Gasteiger partial charge on any atom is 0.191 e. The van der Waals surface area contributed by atoms with Crippen molar-refractivity contribution >= 4 is 5.96 Å². The van der Waals surface area contributed by atoms with Crippen LogP contribution in [-0.4, -0.2) is 28.6 Å². The number of hydrogen-bond acceptors (Lipinski definition) is 2. The molecule has 0 unspecified atom stereocenters. The van der Waals surface area contributed by atoms with Gasteiger partial charge < -0.3 is 15.2 Å². The monoisotopic (exact) mass is 365 g/mol. The molecule has 2 N–H and O–H groups in total. The lowest BCUT2D eigenvalue weighted by atomic mass is 10.1. The summed E-state index contributed by atoms with van der Waals surface area (Å²) in [5, 5.41) is 6.56. The average molecular weight is 365 g/mol. The molecule has 0 amide bonds. The van der Waals surface area contributed by atoms with Crippen LogP contribution >= 0.6 is 0 Å². The van der Waals surface area contributed by atoms with Gasteiger partial charge in [0.15, 0.2) is 5.96 Å². The van der Waals surface area contributed by atoms with Gasteiger partial charge in [0.25, 0.3) is 0 Å². The molecule has 0 aliphatic carbocycles. The molecule has 0 spiro atoms. The normalized spacial score (nSPS) is 11.4. The van der Waals surface area contributed by atoms with Crippen molar-refractivity contribution in [1.29, 1.82) is 0 Å². The molecule has 6 heteroatoms. The van der Waals surface area contributed by atoms with Gasteiger partial charge in [-0.25, -0.2) is 14.4 Å². The highest BCUT2D eigenvalue weighted by atomic mass is 19.1. The third-order valence-electron chi connectivity index (χ3n) is 4.12. The van der Waals surface area contributed by atoms with Gasteiger partial charge in [-0.1, -0.05) is 30.3 Å². The number of benzene rings is 2. The second-order valence-corrected chi connectivity index (χ2v) is 6.10. The van der Waals surface area contributed by atoms with Crippen molar-refractivity contribution in [3.63, 3.8) is 0 Å². The van der Waals surface area contributed by atoms with Crippen LogP contribution in [0.2, 0.25) is 0 Å². The van der Waals surface area contributed by atoms with Crippen LogP contribution < -0.4 is 10.6 Å². The lowest BCUT2D eigenvalue weighted by molar-refractivity contribution is 0.625. The SMILES string of the molecule is CCNC(=NCc1ccccc1-n1ccnc1)NCCc1cccc(F)c1. The fourth-order valence-corrected chi connectivity index (χ4v) is 2.82. The van der Waals surface area contributed by atoms with Crippen LogP contribution in [0.3, 0.4) is 0 Å². The third-order valence-corrected chi connectivity index (χ3v) is 4.12. The Balaban J connectivity index is 1.64. The van der Waals surface area contributed by atoms with Gasteiger partial charge in [-0.05, 0) is 42.7 Å². The van der Waals surface area contributed by atoms with Gasteiger partial charge in [-0.15, -0.1) is 0 Å². The first-order valence-corrected chi connectivity index (χ1v) is 9.09. The van der Waals surface area contributed by atoms with Crippen molar-refractivity contribution < 1.29 is 4.39 Å². The molecule has 2 aromatic carbocycles. The van der Waals surface area contributed by atoms with Crippen molar-refractivity contribution in [2.45, 2.75) is 19.9 Å². The van der Waals surface area contributed by atoms with E-state index in [1.54, 1.807) is 24.7 Å². The Hall–Kier alpha value is -3.15. The van der Waals surface area contributed by atoms with E-state index in [0.29, 0.717) is 13.1 Å². The zero-order valence-corrected chi connectivity index (χ0v) is 15.4. The number of guanidine groups is 1. The number of hydrogen-bond donors (Lipinski definition) is 2. The standard InChI is InChI=1S/C21H24FN5/c1-2-24-21(25-11-10-17-6-5-8-19(22)14-17)26-15-18-7-3-4-9-20(18)27-13-12-23-16-27/h3-9,12-14,16H,2,10-11,15H2,1H3,(H2,24,25,26). The van der Waals surface area contributed by atoms with Gasteiger partial charge in [0.05, 0.1) is 18.6 Å². The number of para-hydroxylation sites is 1. The Morgan fingerprint density at radius 3 is 2.81 bits per heavy atom. The summed E-state index contributed by atoms with van der Waals surface area (Å²) in [5.41, 5.74) is 3.14. The van der Waals surface area contributed by atoms with E-state index in [1.807, 2.05) is 35.9 Å². The number of aliphatic imine (C=N–C) groups is 1. The van der Waals surface area contributed by atoms with Gasteiger partial charge in [-0.3, -0.25) is 0 Å². The molecule has 3 rings (SSSR count). The Labute approximate surface area is 159 Å². The molecule has 5 nitrogen and oxygen atoms in total. The molecule has 0 radical (unpaired) electrons. The van der Waals surface area contributed by atoms with Crippen LogP contribution in [0.15, 0.2) is 72.2 Å². The topological polar surface area (TPSA) is 54.2 Å². The summed E-state index contributed by atoms with van der Waals surface area (Å²) in [6.07, 6.45) is 6.20. The minimum absolute atomic E-state index is 0.204. The molecule has 140 valence electrons. The first-order valence-electron chi connectivity index (χ1n) is 9.09. The maximum absolute atomic E-state index is 13.3. The predicted molar refractivity (Wildman–Crippen MR) is 106 cm³/mol. The summed E-state index contributed by atoms with van der Waals surface area (Å²) in [5.74, 6) is 0.540. The molecular weight excluding hydrogens is 341 g/mol. The van der Waals surface area contributed by atoms with E-state index in [2.05, 4.69) is 32.7 Å². The number of rotatable bonds is 7. The first kappa shape index (κ1) is 18.6. The largest absolute Gasteiger partial charge is 0.357 e. The van der Waals surface area contributed by atoms with Gasteiger partial charge >= 0.3 is 0 Å². The van der Waals surface area contributed by atoms with Gasteiger partial charge in [-0.2, -0.15) is 0 Å². The van der Waals surface area contributed by atoms with E-state index in [0.717, 1.165) is 35.7 Å². The van der Waals surface area contributed by atoms with Gasteiger partial charge in [0.2, 0.25) is 0 Å². The van der Waals surface area contributed by atoms with E-state index in [9.17, 15) is 4.39 Å². The van der Waals surface area contributed by atoms with Crippen molar-refractivity contribution in [2.75, 3.05) is 13.1 Å². The summed E-state index contributed by atoms with van der Waals surface area (Å²) in [6, 6.07) is 14.8. The lowest BCUT2D eigenvalue weighted by Gasteiger charge is -2.13. The number of nitrogens with one attached hydrogen (secondary N) is 2. The third kappa shape index (κ3) is 5.41. The molecule has 27 heavy (non-hydrogen) atoms. The lowest BCUT2D eigenvalue weighted by Crippen LogP contribution is -2.38. The average Bonchev–Trinajstić information content (AvgIpc) is 3.21. The van der Waals surface area contributed by atoms with E-state index in [-0.39, 0.29) is 5.82 Å². The van der Waals surface area contributed by atoms with E-state index in [1.165, 1.54) is 6.07 Å². The summed E-state index contributed by atoms with van der Waals surface area (Å²) in [7, 11) is 0. The minimum atomic E-state index is -0.204. The number of aromatic nitrogens is 2. The van der Waals surface area contributed by atoms with Crippen LogP contribution in [0.1, 0.15) is 18.1 Å². The molecule has 0 saturated carbocycles. The molecule has 3 aromatic rings. The van der Waals surface area contributed by atoms with Crippen LogP contribution in [0.5, 0.6) is 0 Å². The molecule has 0 saturated heterocycles. The predicted octanol–water partition coefficient (Wildman–Crippen LogP) is 3.31. The Kier molecular flexibility index (Phi) is 6.57. The Morgan fingerprint density at radius 2 is 2.04 bits per heavy atom. The van der Waals surface area contributed by atoms with E-state index < -0.39 is 0 Å². The second-order valence-electron chi connectivity index (χ2n) is 6.10. The van der Waals surface area contributed by atoms with Crippen molar-refractivity contribution in [3.8, 4) is 5.69 Å². The molecular formula is C21H24FN5. The molecule has 1 aromatic heterocycles. The maximum atomic E-state index is 13.3. The zero-order valence-electron chi connectivity index (χ0n) is 15.4. The quantitative estimate of drug-likeness (QED) is 0.499. The zero-order chi connectivity index (χ0) is 18.9. The van der Waals surface area contributed by atoms with E-state index >= 15 is 0 Å². The van der Waals surface area contributed by atoms with Crippen molar-refractivity contribution in [2.24, 2.45) is 4.99 Å². The van der Waals surface area contributed by atoms with Crippen LogP contribution in [0.25, 0.3) is 5.69 Å². The first-order chi connectivity index (χ1) is 13.3. The highest BCUT2D eigenvalue weighted by Crippen LogP contribution is 2.15. The molecule has 0 fully saturated rings. The van der Waals surface area contributed by atoms with Crippen molar-refractivity contribution in [3.05, 3.63) is 84.2 Å². The van der Waals surface area contributed by atoms with Gasteiger partial charge in [0.1, 0.15) is 5.82 Å². The number of imidazole rings is 1. The highest BCUT2D eigenvalue weighted by molar-refractivity contribution is 5.79.